The molecule has 114 valence electrons. The van der Waals surface area contributed by atoms with Crippen LogP contribution in [0.3, 0.4) is 0 Å². The number of nitrogen functional groups attached to an aromatic ring is 1. The Kier molecular flexibility index (Phi) is 3.89. The SMILES string of the molecule is Cc1c(N)cccc1C(=O)NCC1CC2CCC(C1)N2C. The highest BCUT2D eigenvalue weighted by molar-refractivity contribution is 5.96. The molecule has 0 aliphatic carbocycles. The summed E-state index contributed by atoms with van der Waals surface area (Å²) in [6, 6.07) is 6.97. The second-order valence-corrected chi connectivity index (χ2v) is 6.62. The van der Waals surface area contributed by atoms with Crippen LogP contribution in [0.15, 0.2) is 18.2 Å². The van der Waals surface area contributed by atoms with Gasteiger partial charge in [-0.05, 0) is 63.3 Å². The third-order valence-corrected chi connectivity index (χ3v) is 5.37. The maximum absolute atomic E-state index is 12.3. The first kappa shape index (κ1) is 14.4. The Bertz CT molecular complexity index is 529. The number of nitrogens with one attached hydrogen (secondary N) is 1. The summed E-state index contributed by atoms with van der Waals surface area (Å²) in [5.41, 5.74) is 8.13. The molecule has 2 unspecified atom stereocenters. The molecule has 2 aliphatic rings. The van der Waals surface area contributed by atoms with E-state index in [-0.39, 0.29) is 5.91 Å². The van der Waals surface area contributed by atoms with Crippen molar-refractivity contribution in [2.45, 2.75) is 44.7 Å². The van der Waals surface area contributed by atoms with Gasteiger partial charge in [0.05, 0.1) is 0 Å². The Labute approximate surface area is 126 Å². The van der Waals surface area contributed by atoms with Crippen LogP contribution in [0, 0.1) is 12.8 Å². The molecule has 4 heteroatoms. The van der Waals surface area contributed by atoms with E-state index in [1.807, 2.05) is 25.1 Å². The number of carbonyl (C=O) groups excluding carboxylic acids is 1. The number of fused-ring (bicyclic) bond motifs is 2. The van der Waals surface area contributed by atoms with Crippen LogP contribution in [0.2, 0.25) is 0 Å². The van der Waals surface area contributed by atoms with Gasteiger partial charge in [-0.15, -0.1) is 0 Å². The lowest BCUT2D eigenvalue weighted by Gasteiger charge is -2.36. The van der Waals surface area contributed by atoms with Crippen molar-refractivity contribution in [3.05, 3.63) is 29.3 Å². The van der Waals surface area contributed by atoms with Gasteiger partial charge in [-0.1, -0.05) is 6.07 Å². The molecule has 2 aliphatic heterocycles. The van der Waals surface area contributed by atoms with Gasteiger partial charge in [-0.2, -0.15) is 0 Å². The lowest BCUT2D eigenvalue weighted by molar-refractivity contribution is 0.0917. The number of hydrogen-bond acceptors (Lipinski definition) is 3. The Morgan fingerprint density at radius 3 is 2.67 bits per heavy atom. The van der Waals surface area contributed by atoms with E-state index >= 15 is 0 Å². The summed E-state index contributed by atoms with van der Waals surface area (Å²) >= 11 is 0. The molecule has 2 bridgehead atoms. The van der Waals surface area contributed by atoms with Crippen molar-refractivity contribution < 1.29 is 4.79 Å². The molecular weight excluding hydrogens is 262 g/mol. The van der Waals surface area contributed by atoms with Crippen molar-refractivity contribution in [2.75, 3.05) is 19.3 Å². The second kappa shape index (κ2) is 5.68. The fraction of sp³-hybridized carbons (Fsp3) is 0.588. The molecule has 0 aromatic heterocycles. The molecule has 3 rings (SSSR count). The highest BCUT2D eigenvalue weighted by Gasteiger charge is 2.38. The van der Waals surface area contributed by atoms with Crippen LogP contribution in [0.25, 0.3) is 0 Å². The smallest absolute Gasteiger partial charge is 0.251 e. The van der Waals surface area contributed by atoms with E-state index < -0.39 is 0 Å². The average molecular weight is 287 g/mol. The van der Waals surface area contributed by atoms with E-state index in [4.69, 9.17) is 5.73 Å². The molecule has 0 saturated carbocycles. The second-order valence-electron chi connectivity index (χ2n) is 6.62. The number of rotatable bonds is 3. The zero-order valence-electron chi connectivity index (χ0n) is 12.9. The highest BCUT2D eigenvalue weighted by Crippen LogP contribution is 2.37. The minimum Gasteiger partial charge on any atom is -0.398 e. The summed E-state index contributed by atoms with van der Waals surface area (Å²) < 4.78 is 0. The minimum absolute atomic E-state index is 0.00562. The van der Waals surface area contributed by atoms with Crippen LogP contribution in [0.4, 0.5) is 5.69 Å². The molecule has 21 heavy (non-hydrogen) atoms. The molecule has 2 atom stereocenters. The molecule has 2 heterocycles. The molecule has 0 spiro atoms. The minimum atomic E-state index is 0.00562. The molecular formula is C17H25N3O. The van der Waals surface area contributed by atoms with Crippen molar-refractivity contribution in [3.8, 4) is 0 Å². The van der Waals surface area contributed by atoms with Crippen molar-refractivity contribution in [3.63, 3.8) is 0 Å². The summed E-state index contributed by atoms with van der Waals surface area (Å²) in [5, 5.41) is 3.11. The van der Waals surface area contributed by atoms with Gasteiger partial charge < -0.3 is 16.0 Å². The Hall–Kier alpha value is -1.55. The zero-order valence-corrected chi connectivity index (χ0v) is 12.9. The largest absolute Gasteiger partial charge is 0.398 e. The van der Waals surface area contributed by atoms with Gasteiger partial charge in [0, 0.05) is 29.9 Å². The van der Waals surface area contributed by atoms with Crippen LogP contribution >= 0.6 is 0 Å². The van der Waals surface area contributed by atoms with E-state index in [1.54, 1.807) is 0 Å². The molecule has 2 fully saturated rings. The number of benzene rings is 1. The summed E-state index contributed by atoms with van der Waals surface area (Å²) in [4.78, 5) is 14.9. The van der Waals surface area contributed by atoms with E-state index in [9.17, 15) is 4.79 Å². The first-order valence-electron chi connectivity index (χ1n) is 7.91. The number of hydrogen-bond donors (Lipinski definition) is 2. The Balaban J connectivity index is 1.58. The van der Waals surface area contributed by atoms with Gasteiger partial charge in [0.15, 0.2) is 0 Å². The molecule has 3 N–H and O–H groups in total. The third kappa shape index (κ3) is 2.77. The third-order valence-electron chi connectivity index (χ3n) is 5.37. The normalized spacial score (nSPS) is 28.6. The fourth-order valence-corrected chi connectivity index (χ4v) is 3.92. The van der Waals surface area contributed by atoms with E-state index in [0.717, 1.165) is 24.2 Å². The van der Waals surface area contributed by atoms with E-state index in [0.29, 0.717) is 17.2 Å². The average Bonchev–Trinajstić information content (AvgIpc) is 2.70. The Morgan fingerprint density at radius 2 is 2.00 bits per heavy atom. The van der Waals surface area contributed by atoms with Crippen LogP contribution in [0.1, 0.15) is 41.6 Å². The summed E-state index contributed by atoms with van der Waals surface area (Å²) in [5.74, 6) is 0.620. The monoisotopic (exact) mass is 287 g/mol. The summed E-state index contributed by atoms with van der Waals surface area (Å²) in [6.45, 7) is 2.69. The van der Waals surface area contributed by atoms with Crippen molar-refractivity contribution in [1.29, 1.82) is 0 Å². The van der Waals surface area contributed by atoms with Gasteiger partial charge in [-0.25, -0.2) is 0 Å². The van der Waals surface area contributed by atoms with Gasteiger partial charge >= 0.3 is 0 Å². The topological polar surface area (TPSA) is 58.4 Å². The Morgan fingerprint density at radius 1 is 1.33 bits per heavy atom. The maximum atomic E-state index is 12.3. The van der Waals surface area contributed by atoms with Gasteiger partial charge in [0.25, 0.3) is 5.91 Å². The predicted octanol–water partition coefficient (Wildman–Crippen LogP) is 2.18. The number of nitrogens with two attached hydrogens (primary N) is 1. The molecule has 1 aromatic rings. The predicted molar refractivity (Wildman–Crippen MR) is 85.2 cm³/mol. The lowest BCUT2D eigenvalue weighted by Crippen LogP contribution is -2.43. The summed E-state index contributed by atoms with van der Waals surface area (Å²) in [6.07, 6.45) is 5.06. The number of carbonyl (C=O) groups is 1. The number of anilines is 1. The molecule has 0 radical (unpaired) electrons. The van der Waals surface area contributed by atoms with E-state index in [1.165, 1.54) is 25.7 Å². The van der Waals surface area contributed by atoms with Crippen LogP contribution in [-0.4, -0.2) is 36.5 Å². The van der Waals surface area contributed by atoms with Gasteiger partial charge in [-0.3, -0.25) is 4.79 Å². The summed E-state index contributed by atoms with van der Waals surface area (Å²) in [7, 11) is 2.24. The van der Waals surface area contributed by atoms with Crippen LogP contribution in [0.5, 0.6) is 0 Å². The lowest BCUT2D eigenvalue weighted by atomic mass is 9.91. The standard InChI is InChI=1S/C17H25N3O/c1-11-15(4-3-5-16(11)18)17(21)19-10-12-8-13-6-7-14(9-12)20(13)2/h3-5,12-14H,6-10,18H2,1-2H3,(H,19,21). The van der Waals surface area contributed by atoms with Crippen LogP contribution in [-0.2, 0) is 0 Å². The molecule has 1 aromatic carbocycles. The van der Waals surface area contributed by atoms with Crippen molar-refractivity contribution in [1.82, 2.24) is 10.2 Å². The quantitative estimate of drug-likeness (QED) is 0.838. The zero-order chi connectivity index (χ0) is 15.0. The van der Waals surface area contributed by atoms with Crippen LogP contribution < -0.4 is 11.1 Å². The molecule has 2 saturated heterocycles. The maximum Gasteiger partial charge on any atom is 0.251 e. The molecule has 1 amide bonds. The van der Waals surface area contributed by atoms with Crippen molar-refractivity contribution in [2.24, 2.45) is 5.92 Å². The van der Waals surface area contributed by atoms with E-state index in [2.05, 4.69) is 17.3 Å². The highest BCUT2D eigenvalue weighted by atomic mass is 16.1. The fourth-order valence-electron chi connectivity index (χ4n) is 3.92. The number of amides is 1. The van der Waals surface area contributed by atoms with Gasteiger partial charge in [0.2, 0.25) is 0 Å². The molecule has 4 nitrogen and oxygen atoms in total. The number of piperidine rings is 1. The van der Waals surface area contributed by atoms with Crippen molar-refractivity contribution >= 4 is 11.6 Å². The number of nitrogens with zero attached hydrogens (tertiary/aromatic N) is 1. The first-order valence-corrected chi connectivity index (χ1v) is 7.91. The van der Waals surface area contributed by atoms with Gasteiger partial charge in [0.1, 0.15) is 0 Å². The first-order chi connectivity index (χ1) is 10.1.